The minimum atomic E-state index is -0.986. The minimum Gasteiger partial charge on any atom is -0.495 e. The van der Waals surface area contributed by atoms with Gasteiger partial charge in [0.15, 0.2) is 5.69 Å². The predicted octanol–water partition coefficient (Wildman–Crippen LogP) is 2.85. The number of amides is 1. The van der Waals surface area contributed by atoms with Gasteiger partial charge in [0, 0.05) is 18.5 Å². The van der Waals surface area contributed by atoms with Gasteiger partial charge in [-0.2, -0.15) is 5.10 Å². The van der Waals surface area contributed by atoms with Crippen LogP contribution in [-0.2, 0) is 12.1 Å². The summed E-state index contributed by atoms with van der Waals surface area (Å²) in [6.45, 7) is 2.81. The molecular weight excluding hydrogens is 436 g/mol. The molecule has 1 N–H and O–H groups in total. The van der Waals surface area contributed by atoms with Crippen molar-refractivity contribution in [3.05, 3.63) is 64.7 Å². The van der Waals surface area contributed by atoms with Crippen LogP contribution in [0.4, 0.5) is 0 Å². The fourth-order valence-electron chi connectivity index (χ4n) is 4.65. The quantitative estimate of drug-likeness (QED) is 0.569. The molecule has 1 saturated carbocycles. The Labute approximate surface area is 196 Å². The Morgan fingerprint density at radius 2 is 2.00 bits per heavy atom. The molecule has 2 fully saturated rings. The average Bonchev–Trinajstić information content (AvgIpc) is 3.45. The number of ether oxygens (including phenoxy) is 1. The number of nitrogens with zero attached hydrogens (tertiary/aromatic N) is 6. The molecule has 0 bridgehead atoms. The number of carboxylic acid groups (broad SMARTS) is 1. The highest BCUT2D eigenvalue weighted by Crippen LogP contribution is 2.43. The van der Waals surface area contributed by atoms with Crippen LogP contribution in [0.3, 0.4) is 0 Å². The number of likely N-dealkylation sites (tertiary alicyclic amines) is 1. The lowest BCUT2D eigenvalue weighted by Crippen LogP contribution is -2.43. The Kier molecular flexibility index (Phi) is 5.51. The highest BCUT2D eigenvalue weighted by molar-refractivity contribution is 5.93. The zero-order valence-electron chi connectivity index (χ0n) is 19.1. The molecule has 0 spiro atoms. The second-order valence-electron chi connectivity index (χ2n) is 9.06. The zero-order valence-corrected chi connectivity index (χ0v) is 19.1. The number of carbonyl (C=O) groups excluding carboxylic acids is 1. The second kappa shape index (κ2) is 8.51. The van der Waals surface area contributed by atoms with Crippen LogP contribution in [0.1, 0.15) is 76.3 Å². The van der Waals surface area contributed by atoms with Gasteiger partial charge in [-0.3, -0.25) is 4.79 Å². The van der Waals surface area contributed by atoms with Crippen molar-refractivity contribution in [1.29, 1.82) is 0 Å². The molecule has 176 valence electrons. The summed E-state index contributed by atoms with van der Waals surface area (Å²) in [6.07, 6.45) is 5.46. The van der Waals surface area contributed by atoms with E-state index in [1.807, 2.05) is 6.92 Å². The van der Waals surface area contributed by atoms with Crippen LogP contribution < -0.4 is 4.74 Å². The molecule has 2 aromatic heterocycles. The zero-order chi connectivity index (χ0) is 23.9. The molecule has 0 radical (unpaired) electrons. The number of hydrogen-bond donors (Lipinski definition) is 1. The van der Waals surface area contributed by atoms with Crippen LogP contribution in [0.25, 0.3) is 0 Å². The standard InChI is InChI=1S/C24H26N6O4/c1-24(20-14-29(28-26-20)13-16-6-3-4-7-17(16)23(32)33)10-5-11-30(24)22(31)18-12-19(34-2)21(27-25-18)15-8-9-15/h3-4,6-7,12,14-15H,5,8-11,13H2,1-2H3,(H,32,33). The van der Waals surface area contributed by atoms with Gasteiger partial charge in [-0.25, -0.2) is 9.48 Å². The van der Waals surface area contributed by atoms with Crippen molar-refractivity contribution >= 4 is 11.9 Å². The molecule has 1 saturated heterocycles. The minimum absolute atomic E-state index is 0.223. The first-order chi connectivity index (χ1) is 16.4. The summed E-state index contributed by atoms with van der Waals surface area (Å²) in [4.78, 5) is 26.8. The third-order valence-corrected chi connectivity index (χ3v) is 6.75. The van der Waals surface area contributed by atoms with Gasteiger partial charge in [-0.1, -0.05) is 23.4 Å². The van der Waals surface area contributed by atoms with Crippen LogP contribution in [0, 0.1) is 0 Å². The van der Waals surface area contributed by atoms with Gasteiger partial charge in [0.05, 0.1) is 31.0 Å². The Balaban J connectivity index is 1.39. The topological polar surface area (TPSA) is 123 Å². The van der Waals surface area contributed by atoms with Crippen LogP contribution in [0.15, 0.2) is 36.5 Å². The number of methoxy groups -OCH3 is 1. The largest absolute Gasteiger partial charge is 0.495 e. The Hall–Kier alpha value is -3.82. The van der Waals surface area contributed by atoms with Crippen LogP contribution >= 0.6 is 0 Å². The van der Waals surface area contributed by atoms with E-state index >= 15 is 0 Å². The number of carbonyl (C=O) groups is 2. The fraction of sp³-hybridized carbons (Fsp3) is 0.417. The summed E-state index contributed by atoms with van der Waals surface area (Å²) >= 11 is 0. The first kappa shape index (κ1) is 22.0. The van der Waals surface area contributed by atoms with E-state index in [0.717, 1.165) is 31.4 Å². The first-order valence-corrected chi connectivity index (χ1v) is 11.4. The smallest absolute Gasteiger partial charge is 0.336 e. The van der Waals surface area contributed by atoms with Gasteiger partial charge in [0.1, 0.15) is 17.1 Å². The second-order valence-corrected chi connectivity index (χ2v) is 9.06. The molecule has 2 aliphatic rings. The maximum Gasteiger partial charge on any atom is 0.336 e. The third-order valence-electron chi connectivity index (χ3n) is 6.75. The van der Waals surface area contributed by atoms with E-state index in [-0.39, 0.29) is 23.7 Å². The first-order valence-electron chi connectivity index (χ1n) is 11.4. The molecule has 1 aromatic carbocycles. The van der Waals surface area contributed by atoms with E-state index in [1.165, 1.54) is 0 Å². The maximum absolute atomic E-state index is 13.5. The van der Waals surface area contributed by atoms with Crippen molar-refractivity contribution in [2.24, 2.45) is 0 Å². The molecule has 1 aliphatic heterocycles. The van der Waals surface area contributed by atoms with Gasteiger partial charge >= 0.3 is 5.97 Å². The summed E-state index contributed by atoms with van der Waals surface area (Å²) in [6, 6.07) is 8.49. The number of aromatic carboxylic acids is 1. The van der Waals surface area contributed by atoms with Crippen molar-refractivity contribution in [2.45, 2.75) is 50.6 Å². The number of aromatic nitrogens is 5. The van der Waals surface area contributed by atoms with Crippen molar-refractivity contribution in [2.75, 3.05) is 13.7 Å². The average molecular weight is 463 g/mol. The van der Waals surface area contributed by atoms with Gasteiger partial charge < -0.3 is 14.7 Å². The van der Waals surface area contributed by atoms with E-state index in [9.17, 15) is 14.7 Å². The van der Waals surface area contributed by atoms with Crippen molar-refractivity contribution in [3.8, 4) is 5.75 Å². The van der Waals surface area contributed by atoms with Crippen LogP contribution in [-0.4, -0.2) is 60.7 Å². The molecule has 1 unspecified atom stereocenters. The summed E-state index contributed by atoms with van der Waals surface area (Å²) in [5.41, 5.74) is 1.91. The molecule has 5 rings (SSSR count). The van der Waals surface area contributed by atoms with Gasteiger partial charge in [0.2, 0.25) is 0 Å². The van der Waals surface area contributed by atoms with E-state index in [0.29, 0.717) is 29.5 Å². The van der Waals surface area contributed by atoms with Crippen LogP contribution in [0.5, 0.6) is 5.75 Å². The lowest BCUT2D eigenvalue weighted by atomic mass is 9.94. The van der Waals surface area contributed by atoms with Gasteiger partial charge in [-0.05, 0) is 44.2 Å². The molecule has 10 heteroatoms. The summed E-state index contributed by atoms with van der Waals surface area (Å²) < 4.78 is 7.09. The lowest BCUT2D eigenvalue weighted by Gasteiger charge is -2.33. The molecule has 10 nitrogen and oxygen atoms in total. The normalized spacial score (nSPS) is 19.9. The summed E-state index contributed by atoms with van der Waals surface area (Å²) in [7, 11) is 1.58. The lowest BCUT2D eigenvalue weighted by molar-refractivity contribution is 0.0603. The van der Waals surface area contributed by atoms with E-state index in [1.54, 1.807) is 53.2 Å². The van der Waals surface area contributed by atoms with Crippen molar-refractivity contribution in [3.63, 3.8) is 0 Å². The number of hydrogen-bond acceptors (Lipinski definition) is 7. The fourth-order valence-corrected chi connectivity index (χ4v) is 4.65. The van der Waals surface area contributed by atoms with Gasteiger partial charge in [0.25, 0.3) is 5.91 Å². The Morgan fingerprint density at radius 1 is 1.21 bits per heavy atom. The molecule has 3 aromatic rings. The van der Waals surface area contributed by atoms with Crippen LogP contribution in [0.2, 0.25) is 0 Å². The molecule has 1 atom stereocenters. The molecule has 1 aliphatic carbocycles. The number of benzene rings is 1. The van der Waals surface area contributed by atoms with Crippen molar-refractivity contribution in [1.82, 2.24) is 30.1 Å². The van der Waals surface area contributed by atoms with Gasteiger partial charge in [-0.15, -0.1) is 10.2 Å². The predicted molar refractivity (Wildman–Crippen MR) is 121 cm³/mol. The number of carboxylic acids is 1. The third kappa shape index (κ3) is 3.89. The molecule has 3 heterocycles. The Morgan fingerprint density at radius 3 is 2.74 bits per heavy atom. The molecular formula is C24H26N6O4. The van der Waals surface area contributed by atoms with E-state index < -0.39 is 11.5 Å². The van der Waals surface area contributed by atoms with E-state index in [4.69, 9.17) is 4.74 Å². The summed E-state index contributed by atoms with van der Waals surface area (Å²) in [5.74, 6) is -0.242. The Bertz CT molecular complexity index is 1250. The maximum atomic E-state index is 13.5. The monoisotopic (exact) mass is 462 g/mol. The molecule has 34 heavy (non-hydrogen) atoms. The summed E-state index contributed by atoms with van der Waals surface area (Å²) in [5, 5.41) is 26.5. The SMILES string of the molecule is COc1cc(C(=O)N2CCCC2(C)c2cn(Cc3ccccc3C(=O)O)nn2)nnc1C1CC1. The number of rotatable bonds is 7. The molecule has 1 amide bonds. The highest BCUT2D eigenvalue weighted by Gasteiger charge is 2.44. The van der Waals surface area contributed by atoms with Crippen molar-refractivity contribution < 1.29 is 19.4 Å². The highest BCUT2D eigenvalue weighted by atomic mass is 16.5. The van der Waals surface area contributed by atoms with E-state index in [2.05, 4.69) is 20.5 Å².